The summed E-state index contributed by atoms with van der Waals surface area (Å²) in [5.41, 5.74) is 9.36. The van der Waals surface area contributed by atoms with Crippen LogP contribution in [0.4, 0.5) is 11.4 Å². The fourth-order valence-corrected chi connectivity index (χ4v) is 2.13. The van der Waals surface area contributed by atoms with E-state index in [1.807, 2.05) is 12.1 Å². The van der Waals surface area contributed by atoms with Crippen LogP contribution in [0.5, 0.6) is 0 Å². The molecule has 0 saturated heterocycles. The second kappa shape index (κ2) is 3.01. The first-order valence-electron chi connectivity index (χ1n) is 6.09. The Bertz CT molecular complexity index is 633. The van der Waals surface area contributed by atoms with Crippen LogP contribution in [0.25, 0.3) is 11.3 Å². The van der Waals surface area contributed by atoms with Crippen LogP contribution >= 0.6 is 0 Å². The maximum atomic E-state index is 8.24. The van der Waals surface area contributed by atoms with Gasteiger partial charge in [-0.3, -0.25) is 4.68 Å². The summed E-state index contributed by atoms with van der Waals surface area (Å²) in [7, 11) is 3.51. The minimum atomic E-state index is -1.61. The molecule has 0 amide bonds. The monoisotopic (exact) mass is 216 g/mol. The van der Waals surface area contributed by atoms with E-state index in [1.54, 1.807) is 35.9 Å². The van der Waals surface area contributed by atoms with Crippen LogP contribution in [0.2, 0.25) is 0 Å². The number of hydrogen-bond donors (Lipinski definition) is 1. The van der Waals surface area contributed by atoms with Gasteiger partial charge in [0.05, 0.1) is 19.8 Å². The average molecular weight is 216 g/mol. The number of nitrogens with zero attached hydrogens (tertiary/aromatic N) is 3. The number of anilines is 2. The maximum absolute atomic E-state index is 8.24. The molecule has 82 valence electrons. The van der Waals surface area contributed by atoms with Crippen molar-refractivity contribution in [2.45, 2.75) is 6.50 Å². The van der Waals surface area contributed by atoms with E-state index in [2.05, 4.69) is 5.10 Å². The summed E-state index contributed by atoms with van der Waals surface area (Å²) >= 11 is 0. The predicted octanol–water partition coefficient (Wildman–Crippen LogP) is 1.62. The Morgan fingerprint density at radius 2 is 2.25 bits per heavy atom. The van der Waals surface area contributed by atoms with Crippen LogP contribution < -0.4 is 10.6 Å². The second-order valence-corrected chi connectivity index (χ2v) is 3.98. The van der Waals surface area contributed by atoms with Crippen LogP contribution in [0.1, 0.15) is 8.30 Å². The number of aryl methyl sites for hydroxylation is 1. The van der Waals surface area contributed by atoms with E-state index in [0.29, 0.717) is 22.6 Å². The zero-order valence-corrected chi connectivity index (χ0v) is 9.23. The molecule has 4 nitrogen and oxygen atoms in total. The third-order valence-electron chi connectivity index (χ3n) is 2.77. The lowest BCUT2D eigenvalue weighted by Gasteiger charge is -2.27. The fraction of sp³-hybridized carbons (Fsp3) is 0.250. The highest BCUT2D eigenvalue weighted by Gasteiger charge is 2.23. The molecule has 2 heterocycles. The molecule has 2 N–H and O–H groups in total. The van der Waals surface area contributed by atoms with Crippen LogP contribution in [-0.4, -0.2) is 16.8 Å². The molecular weight excluding hydrogens is 200 g/mol. The highest BCUT2D eigenvalue weighted by atomic mass is 15.3. The lowest BCUT2D eigenvalue weighted by atomic mass is 10.00. The number of nitrogens with two attached hydrogens (primary N) is 1. The Morgan fingerprint density at radius 3 is 3.06 bits per heavy atom. The van der Waals surface area contributed by atoms with Gasteiger partial charge in [-0.2, -0.15) is 5.10 Å². The summed E-state index contributed by atoms with van der Waals surface area (Å²) in [6, 6.07) is 5.56. The Balaban J connectivity index is 2.40. The normalized spacial score (nSPS) is 18.5. The standard InChI is InChI=1S/C12H14N4/c1-15-6-8-7-16(2)14-11(8)9-4-3-5-10(13)12(9)15/h3-5,7H,6,13H2,1-2H3/i6D2. The molecule has 1 aliphatic heterocycles. The Hall–Kier alpha value is -1.97. The van der Waals surface area contributed by atoms with E-state index in [-0.39, 0.29) is 0 Å². The second-order valence-electron chi connectivity index (χ2n) is 3.98. The summed E-state index contributed by atoms with van der Waals surface area (Å²) in [6.45, 7) is -1.61. The maximum Gasteiger partial charge on any atom is 0.0994 e. The van der Waals surface area contributed by atoms with Gasteiger partial charge in [0.1, 0.15) is 0 Å². The minimum absolute atomic E-state index is 0.565. The number of rotatable bonds is 0. The van der Waals surface area contributed by atoms with Gasteiger partial charge < -0.3 is 10.6 Å². The molecule has 3 rings (SSSR count). The first kappa shape index (κ1) is 7.33. The molecule has 0 atom stereocenters. The van der Waals surface area contributed by atoms with Crippen molar-refractivity contribution in [1.82, 2.24) is 9.78 Å². The molecule has 16 heavy (non-hydrogen) atoms. The van der Waals surface area contributed by atoms with Gasteiger partial charge in [-0.05, 0) is 6.07 Å². The predicted molar refractivity (Wildman–Crippen MR) is 65.2 cm³/mol. The van der Waals surface area contributed by atoms with Crippen LogP contribution in [0, 0.1) is 0 Å². The third-order valence-corrected chi connectivity index (χ3v) is 2.77. The molecule has 0 radical (unpaired) electrons. The molecule has 1 aliphatic rings. The molecule has 0 spiro atoms. The average Bonchev–Trinajstić information content (AvgIpc) is 2.69. The fourth-order valence-electron chi connectivity index (χ4n) is 2.13. The molecule has 1 aromatic carbocycles. The molecule has 0 bridgehead atoms. The Morgan fingerprint density at radius 1 is 1.44 bits per heavy atom. The van der Waals surface area contributed by atoms with E-state index in [0.717, 1.165) is 5.56 Å². The number of aromatic nitrogens is 2. The summed E-state index contributed by atoms with van der Waals surface area (Å²) < 4.78 is 18.1. The molecule has 0 unspecified atom stereocenters. The number of benzene rings is 1. The van der Waals surface area contributed by atoms with E-state index >= 15 is 0 Å². The lowest BCUT2D eigenvalue weighted by molar-refractivity contribution is 0.770. The van der Waals surface area contributed by atoms with Crippen molar-refractivity contribution < 1.29 is 2.74 Å². The summed E-state index contributed by atoms with van der Waals surface area (Å²) in [4.78, 5) is 1.57. The lowest BCUT2D eigenvalue weighted by Crippen LogP contribution is -2.22. The van der Waals surface area contributed by atoms with Gasteiger partial charge in [0, 0.05) is 37.9 Å². The van der Waals surface area contributed by atoms with Gasteiger partial charge in [0.25, 0.3) is 0 Å². The van der Waals surface area contributed by atoms with E-state index in [9.17, 15) is 0 Å². The first-order valence-corrected chi connectivity index (χ1v) is 5.09. The van der Waals surface area contributed by atoms with Crippen molar-refractivity contribution in [3.05, 3.63) is 30.0 Å². The smallest absolute Gasteiger partial charge is 0.0994 e. The molecule has 4 heteroatoms. The van der Waals surface area contributed by atoms with Crippen molar-refractivity contribution in [3.63, 3.8) is 0 Å². The number of para-hydroxylation sites is 1. The van der Waals surface area contributed by atoms with Crippen LogP contribution in [0.15, 0.2) is 24.4 Å². The highest BCUT2D eigenvalue weighted by Crippen LogP contribution is 2.40. The van der Waals surface area contributed by atoms with Gasteiger partial charge in [-0.15, -0.1) is 0 Å². The van der Waals surface area contributed by atoms with Crippen LogP contribution in [0.3, 0.4) is 0 Å². The van der Waals surface area contributed by atoms with Crippen molar-refractivity contribution in [2.24, 2.45) is 7.05 Å². The summed E-state index contributed by atoms with van der Waals surface area (Å²) in [5, 5.41) is 4.36. The molecule has 0 fully saturated rings. The van der Waals surface area contributed by atoms with E-state index in [4.69, 9.17) is 8.48 Å². The van der Waals surface area contributed by atoms with Gasteiger partial charge in [-0.1, -0.05) is 12.1 Å². The highest BCUT2D eigenvalue weighted by molar-refractivity contribution is 5.88. The third kappa shape index (κ3) is 1.13. The largest absolute Gasteiger partial charge is 0.397 e. The van der Waals surface area contributed by atoms with Gasteiger partial charge in [0.2, 0.25) is 0 Å². The number of fused-ring (bicyclic) bond motifs is 3. The van der Waals surface area contributed by atoms with E-state index in [1.165, 1.54) is 0 Å². The molecule has 0 aliphatic carbocycles. The molecular formula is C12H14N4. The van der Waals surface area contributed by atoms with Crippen molar-refractivity contribution in [1.29, 1.82) is 0 Å². The summed E-state index contributed by atoms with van der Waals surface area (Å²) in [5.74, 6) is 0. The Labute approximate surface area is 97.1 Å². The SMILES string of the molecule is [2H]C1([2H])c2cn(C)nc2-c2cccc(N)c2N1C. The van der Waals surface area contributed by atoms with Crippen molar-refractivity contribution in [3.8, 4) is 11.3 Å². The van der Waals surface area contributed by atoms with Crippen molar-refractivity contribution >= 4 is 11.4 Å². The van der Waals surface area contributed by atoms with Gasteiger partial charge in [-0.25, -0.2) is 0 Å². The summed E-state index contributed by atoms with van der Waals surface area (Å²) in [6.07, 6.45) is 1.72. The zero-order valence-electron chi connectivity index (χ0n) is 11.2. The minimum Gasteiger partial charge on any atom is -0.397 e. The first-order chi connectivity index (χ1) is 8.43. The molecule has 2 aromatic rings. The number of nitrogen functional groups attached to an aromatic ring is 1. The van der Waals surface area contributed by atoms with Crippen LogP contribution in [-0.2, 0) is 13.5 Å². The van der Waals surface area contributed by atoms with Gasteiger partial charge >= 0.3 is 0 Å². The number of hydrogen-bond acceptors (Lipinski definition) is 3. The van der Waals surface area contributed by atoms with Gasteiger partial charge in [0.15, 0.2) is 0 Å². The topological polar surface area (TPSA) is 47.1 Å². The van der Waals surface area contributed by atoms with E-state index < -0.39 is 6.50 Å². The Kier molecular flexibility index (Phi) is 1.38. The van der Waals surface area contributed by atoms with Crippen molar-refractivity contribution in [2.75, 3.05) is 17.7 Å². The molecule has 1 aromatic heterocycles. The quantitative estimate of drug-likeness (QED) is 0.681. The molecule has 0 saturated carbocycles. The zero-order chi connectivity index (χ0) is 13.1.